The zero-order valence-corrected chi connectivity index (χ0v) is 19.3. The van der Waals surface area contributed by atoms with Gasteiger partial charge in [-0.15, -0.1) is 0 Å². The molecule has 0 aliphatic carbocycles. The van der Waals surface area contributed by atoms with Crippen molar-refractivity contribution in [2.75, 3.05) is 0 Å². The summed E-state index contributed by atoms with van der Waals surface area (Å²) in [5, 5.41) is 0. The van der Waals surface area contributed by atoms with Gasteiger partial charge in [-0.25, -0.2) is 0 Å². The van der Waals surface area contributed by atoms with Gasteiger partial charge in [0.2, 0.25) is 0 Å². The van der Waals surface area contributed by atoms with Crippen molar-refractivity contribution in [2.24, 2.45) is 4.99 Å². The molecule has 0 N–H and O–H groups in total. The van der Waals surface area contributed by atoms with Crippen molar-refractivity contribution in [3.8, 4) is 11.1 Å². The smallest absolute Gasteiger partial charge is 0.187 e. The molecule has 3 nitrogen and oxygen atoms in total. The van der Waals surface area contributed by atoms with Crippen LogP contribution in [0.2, 0.25) is 0 Å². The van der Waals surface area contributed by atoms with Crippen LogP contribution in [0.25, 0.3) is 11.1 Å². The first-order valence-electron chi connectivity index (χ1n) is 11.6. The molecule has 0 unspecified atom stereocenters. The summed E-state index contributed by atoms with van der Waals surface area (Å²) in [5.41, 5.74) is 7.75. The Hall–Kier alpha value is -3.59. The molecule has 33 heavy (non-hydrogen) atoms. The molecule has 0 radical (unpaired) electrons. The molecule has 4 rings (SSSR count). The van der Waals surface area contributed by atoms with E-state index in [0.717, 1.165) is 24.8 Å². The number of allylic oxidation sites excluding steroid dienone is 2. The number of benzene rings is 3. The van der Waals surface area contributed by atoms with Crippen molar-refractivity contribution >= 4 is 23.5 Å². The number of Topliss-reactive ketones (excluding diaryl/α,β-unsaturated/α-hetero) is 1. The summed E-state index contributed by atoms with van der Waals surface area (Å²) in [6.45, 7) is 4.11. The zero-order chi connectivity index (χ0) is 23.2. The van der Waals surface area contributed by atoms with Crippen LogP contribution in [0.15, 0.2) is 83.4 Å². The van der Waals surface area contributed by atoms with Crippen molar-refractivity contribution < 1.29 is 9.59 Å². The number of hydrogen-bond donors (Lipinski definition) is 0. The number of rotatable bonds is 7. The Kier molecular flexibility index (Phi) is 7.09. The first kappa shape index (κ1) is 22.6. The first-order valence-corrected chi connectivity index (χ1v) is 11.6. The van der Waals surface area contributed by atoms with Gasteiger partial charge >= 0.3 is 0 Å². The highest BCUT2D eigenvalue weighted by molar-refractivity contribution is 6.11. The topological polar surface area (TPSA) is 46.5 Å². The van der Waals surface area contributed by atoms with Crippen LogP contribution in [0, 0.1) is 6.92 Å². The SMILES string of the molecule is CCCC(=O)c1ccc2c(c1)C(=O)/C=C(\CCc1cccc(-c3ccccc3C)c1)CC=N2. The van der Waals surface area contributed by atoms with E-state index in [4.69, 9.17) is 0 Å². The van der Waals surface area contributed by atoms with Crippen LogP contribution in [0.1, 0.15) is 64.4 Å². The van der Waals surface area contributed by atoms with E-state index in [0.29, 0.717) is 29.7 Å². The summed E-state index contributed by atoms with van der Waals surface area (Å²) in [5.74, 6) is -0.00598. The minimum Gasteiger partial charge on any atom is -0.294 e. The molecule has 1 aliphatic rings. The Labute approximate surface area is 195 Å². The number of aliphatic imine (C=N–C) groups is 1. The normalized spacial score (nSPS) is 14.7. The largest absolute Gasteiger partial charge is 0.294 e. The van der Waals surface area contributed by atoms with Crippen LogP contribution in [-0.4, -0.2) is 17.8 Å². The van der Waals surface area contributed by atoms with Gasteiger partial charge in [-0.05, 0) is 72.7 Å². The molecule has 0 saturated carbocycles. The van der Waals surface area contributed by atoms with Crippen LogP contribution in [-0.2, 0) is 6.42 Å². The number of hydrogen-bond acceptors (Lipinski definition) is 3. The summed E-state index contributed by atoms with van der Waals surface area (Å²) in [7, 11) is 0. The lowest BCUT2D eigenvalue weighted by Crippen LogP contribution is -2.05. The highest BCUT2D eigenvalue weighted by Gasteiger charge is 2.16. The van der Waals surface area contributed by atoms with Crippen molar-refractivity contribution in [3.63, 3.8) is 0 Å². The second-order valence-corrected chi connectivity index (χ2v) is 8.60. The van der Waals surface area contributed by atoms with E-state index >= 15 is 0 Å². The standard InChI is InChI=1S/C30H29NO2/c1-3-7-29(32)25-14-15-28-27(20-25)30(33)19-23(16-17-31-28)13-12-22-9-6-10-24(18-22)26-11-5-4-8-21(26)2/h4-6,8-11,14-15,17-20H,3,7,12-13,16H2,1-2H3/b23-19+,31-17?. The maximum atomic E-state index is 13.0. The van der Waals surface area contributed by atoms with Gasteiger partial charge in [0, 0.05) is 30.2 Å². The minimum absolute atomic E-state index is 0.0666. The third-order valence-corrected chi connectivity index (χ3v) is 6.10. The number of aryl methyl sites for hydroxylation is 2. The lowest BCUT2D eigenvalue weighted by molar-refractivity contribution is 0.0981. The molecule has 1 heterocycles. The predicted molar refractivity (Wildman–Crippen MR) is 136 cm³/mol. The van der Waals surface area contributed by atoms with Crippen LogP contribution in [0.3, 0.4) is 0 Å². The zero-order valence-electron chi connectivity index (χ0n) is 19.3. The summed E-state index contributed by atoms with van der Waals surface area (Å²) in [6, 6.07) is 22.3. The van der Waals surface area contributed by atoms with E-state index in [9.17, 15) is 9.59 Å². The molecular weight excluding hydrogens is 406 g/mol. The van der Waals surface area contributed by atoms with Gasteiger partial charge in [0.15, 0.2) is 11.6 Å². The average Bonchev–Trinajstić information content (AvgIpc) is 2.82. The van der Waals surface area contributed by atoms with E-state index in [-0.39, 0.29) is 11.6 Å². The maximum absolute atomic E-state index is 13.0. The molecular formula is C30H29NO2. The second kappa shape index (κ2) is 10.4. The van der Waals surface area contributed by atoms with E-state index in [1.54, 1.807) is 24.3 Å². The average molecular weight is 436 g/mol. The molecule has 3 heteroatoms. The maximum Gasteiger partial charge on any atom is 0.187 e. The molecule has 0 spiro atoms. The van der Waals surface area contributed by atoms with Crippen LogP contribution < -0.4 is 0 Å². The highest BCUT2D eigenvalue weighted by atomic mass is 16.1. The molecule has 0 amide bonds. The van der Waals surface area contributed by atoms with Crippen molar-refractivity contribution in [3.05, 3.63) is 101 Å². The molecule has 166 valence electrons. The van der Waals surface area contributed by atoms with Crippen LogP contribution in [0.4, 0.5) is 5.69 Å². The fourth-order valence-corrected chi connectivity index (χ4v) is 4.24. The predicted octanol–water partition coefficient (Wildman–Crippen LogP) is 7.49. The van der Waals surface area contributed by atoms with Crippen LogP contribution >= 0.6 is 0 Å². The van der Waals surface area contributed by atoms with E-state index in [2.05, 4.69) is 60.4 Å². The van der Waals surface area contributed by atoms with Gasteiger partial charge in [0.1, 0.15) is 0 Å². The van der Waals surface area contributed by atoms with Gasteiger partial charge in [-0.1, -0.05) is 61.0 Å². The minimum atomic E-state index is -0.0725. The molecule has 0 bridgehead atoms. The number of fused-ring (bicyclic) bond motifs is 1. The molecule has 0 aromatic heterocycles. The molecule has 0 atom stereocenters. The van der Waals surface area contributed by atoms with Crippen molar-refractivity contribution in [1.29, 1.82) is 0 Å². The molecule has 1 aliphatic heterocycles. The van der Waals surface area contributed by atoms with E-state index in [1.807, 2.05) is 13.1 Å². The number of carbonyl (C=O) groups is 2. The lowest BCUT2D eigenvalue weighted by atomic mass is 9.94. The molecule has 3 aromatic rings. The molecule has 0 saturated heterocycles. The fraction of sp³-hybridized carbons (Fsp3) is 0.233. The summed E-state index contributed by atoms with van der Waals surface area (Å²) >= 11 is 0. The van der Waals surface area contributed by atoms with E-state index < -0.39 is 0 Å². The Balaban J connectivity index is 1.52. The number of nitrogens with zero attached hydrogens (tertiary/aromatic N) is 1. The summed E-state index contributed by atoms with van der Waals surface area (Å²) in [6.07, 6.45) is 7.18. The van der Waals surface area contributed by atoms with Crippen molar-refractivity contribution in [2.45, 2.75) is 46.0 Å². The highest BCUT2D eigenvalue weighted by Crippen LogP contribution is 2.27. The Morgan fingerprint density at radius 3 is 2.61 bits per heavy atom. The Bertz CT molecular complexity index is 1250. The number of carbonyl (C=O) groups excluding carboxylic acids is 2. The van der Waals surface area contributed by atoms with Gasteiger partial charge in [-0.2, -0.15) is 0 Å². The third kappa shape index (κ3) is 5.43. The monoisotopic (exact) mass is 435 g/mol. The molecule has 0 fully saturated rings. The first-order chi connectivity index (χ1) is 16.0. The van der Waals surface area contributed by atoms with Crippen LogP contribution in [0.5, 0.6) is 0 Å². The molecule has 3 aromatic carbocycles. The van der Waals surface area contributed by atoms with Gasteiger partial charge < -0.3 is 0 Å². The van der Waals surface area contributed by atoms with Gasteiger partial charge in [0.05, 0.1) is 5.69 Å². The Morgan fingerprint density at radius 1 is 0.939 bits per heavy atom. The fourth-order valence-electron chi connectivity index (χ4n) is 4.24. The lowest BCUT2D eigenvalue weighted by Gasteiger charge is -2.12. The summed E-state index contributed by atoms with van der Waals surface area (Å²) < 4.78 is 0. The summed E-state index contributed by atoms with van der Waals surface area (Å²) in [4.78, 5) is 29.8. The quantitative estimate of drug-likeness (QED) is 0.361. The third-order valence-electron chi connectivity index (χ3n) is 6.10. The van der Waals surface area contributed by atoms with Gasteiger partial charge in [-0.3, -0.25) is 14.6 Å². The number of ketones is 2. The van der Waals surface area contributed by atoms with E-state index in [1.165, 1.54) is 22.3 Å². The van der Waals surface area contributed by atoms with Crippen molar-refractivity contribution in [1.82, 2.24) is 0 Å². The Morgan fingerprint density at radius 2 is 1.79 bits per heavy atom. The van der Waals surface area contributed by atoms with Gasteiger partial charge in [0.25, 0.3) is 0 Å². The second-order valence-electron chi connectivity index (χ2n) is 8.60.